The lowest BCUT2D eigenvalue weighted by Crippen LogP contribution is -2.37. The molecule has 1 aliphatic carbocycles. The number of hydrogen-bond acceptors (Lipinski definition) is 2. The number of anilines is 1. The Hall–Kier alpha value is -1.71. The second-order valence-corrected chi connectivity index (χ2v) is 5.90. The molecule has 102 valence electrons. The molecule has 4 nitrogen and oxygen atoms in total. The quantitative estimate of drug-likeness (QED) is 0.776. The van der Waals surface area contributed by atoms with Crippen molar-refractivity contribution < 1.29 is 0 Å². The van der Waals surface area contributed by atoms with Crippen molar-refractivity contribution in [1.82, 2.24) is 9.97 Å². The summed E-state index contributed by atoms with van der Waals surface area (Å²) in [7, 11) is 0. The van der Waals surface area contributed by atoms with E-state index in [1.165, 1.54) is 19.3 Å². The van der Waals surface area contributed by atoms with Gasteiger partial charge in [-0.3, -0.25) is 0 Å². The molecule has 0 bridgehead atoms. The number of aromatic amines is 2. The predicted octanol–water partition coefficient (Wildman–Crippen LogP) is 3.09. The van der Waals surface area contributed by atoms with Gasteiger partial charge in [0.25, 0.3) is 0 Å². The van der Waals surface area contributed by atoms with E-state index in [1.54, 1.807) is 0 Å². The molecule has 0 saturated heterocycles. The number of aromatic nitrogens is 2. The van der Waals surface area contributed by atoms with E-state index >= 15 is 0 Å². The van der Waals surface area contributed by atoms with Crippen molar-refractivity contribution >= 4 is 16.7 Å². The highest BCUT2D eigenvalue weighted by molar-refractivity contribution is 5.78. The largest absolute Gasteiger partial charge is 0.382 e. The SMILES string of the molecule is CC1CCCC(C)C1Nc1ccc2[nH]c(=O)[nH]c2c1. The van der Waals surface area contributed by atoms with Gasteiger partial charge in [0, 0.05) is 11.7 Å². The van der Waals surface area contributed by atoms with E-state index in [0.717, 1.165) is 16.7 Å². The first kappa shape index (κ1) is 12.3. The van der Waals surface area contributed by atoms with Crippen molar-refractivity contribution in [2.75, 3.05) is 5.32 Å². The Balaban J connectivity index is 1.85. The summed E-state index contributed by atoms with van der Waals surface area (Å²) in [4.78, 5) is 16.8. The number of hydrogen-bond donors (Lipinski definition) is 3. The van der Waals surface area contributed by atoms with E-state index in [2.05, 4.69) is 29.1 Å². The summed E-state index contributed by atoms with van der Waals surface area (Å²) in [6, 6.07) is 6.53. The highest BCUT2D eigenvalue weighted by atomic mass is 16.1. The Morgan fingerprint density at radius 3 is 2.53 bits per heavy atom. The minimum atomic E-state index is -0.147. The van der Waals surface area contributed by atoms with E-state index in [-0.39, 0.29) is 5.69 Å². The predicted molar refractivity (Wildman–Crippen MR) is 78.5 cm³/mol. The van der Waals surface area contributed by atoms with Gasteiger partial charge in [0.1, 0.15) is 0 Å². The molecule has 3 N–H and O–H groups in total. The van der Waals surface area contributed by atoms with Gasteiger partial charge in [0.15, 0.2) is 0 Å². The molecule has 2 unspecified atom stereocenters. The molecule has 3 rings (SSSR count). The van der Waals surface area contributed by atoms with Gasteiger partial charge in [-0.25, -0.2) is 4.79 Å². The van der Waals surface area contributed by atoms with Gasteiger partial charge in [0.2, 0.25) is 0 Å². The number of H-pyrrole nitrogens is 2. The van der Waals surface area contributed by atoms with Gasteiger partial charge in [-0.2, -0.15) is 0 Å². The lowest BCUT2D eigenvalue weighted by Gasteiger charge is -2.35. The maximum atomic E-state index is 11.3. The summed E-state index contributed by atoms with van der Waals surface area (Å²) in [6.45, 7) is 4.65. The molecule has 0 radical (unpaired) electrons. The third kappa shape index (κ3) is 2.39. The maximum absolute atomic E-state index is 11.3. The average molecular weight is 259 g/mol. The monoisotopic (exact) mass is 259 g/mol. The van der Waals surface area contributed by atoms with Crippen molar-refractivity contribution in [3.05, 3.63) is 28.7 Å². The smallest absolute Gasteiger partial charge is 0.323 e. The molecule has 1 aliphatic rings. The van der Waals surface area contributed by atoms with E-state index in [9.17, 15) is 4.79 Å². The number of fused-ring (bicyclic) bond motifs is 1. The van der Waals surface area contributed by atoms with Crippen molar-refractivity contribution in [3.63, 3.8) is 0 Å². The zero-order valence-corrected chi connectivity index (χ0v) is 11.5. The molecular weight excluding hydrogens is 238 g/mol. The van der Waals surface area contributed by atoms with Crippen molar-refractivity contribution in [2.45, 2.75) is 39.2 Å². The summed E-state index contributed by atoms with van der Waals surface area (Å²) in [5.41, 5.74) is 2.67. The van der Waals surface area contributed by atoms with Crippen molar-refractivity contribution in [2.24, 2.45) is 11.8 Å². The normalized spacial score (nSPS) is 27.6. The molecule has 2 aromatic rings. The summed E-state index contributed by atoms with van der Waals surface area (Å²) in [5.74, 6) is 1.40. The van der Waals surface area contributed by atoms with Crippen molar-refractivity contribution in [1.29, 1.82) is 0 Å². The highest BCUT2D eigenvalue weighted by Gasteiger charge is 2.27. The first-order valence-electron chi connectivity index (χ1n) is 7.12. The van der Waals surface area contributed by atoms with E-state index in [4.69, 9.17) is 0 Å². The second kappa shape index (κ2) is 4.76. The zero-order chi connectivity index (χ0) is 13.4. The number of imidazole rings is 1. The van der Waals surface area contributed by atoms with Gasteiger partial charge in [0.05, 0.1) is 11.0 Å². The fraction of sp³-hybridized carbons (Fsp3) is 0.533. The first-order chi connectivity index (χ1) is 9.13. The second-order valence-electron chi connectivity index (χ2n) is 5.90. The van der Waals surface area contributed by atoms with Crippen molar-refractivity contribution in [3.8, 4) is 0 Å². The van der Waals surface area contributed by atoms with Gasteiger partial charge < -0.3 is 15.3 Å². The molecule has 0 amide bonds. The maximum Gasteiger partial charge on any atom is 0.323 e. The molecule has 1 aromatic heterocycles. The lowest BCUT2D eigenvalue weighted by molar-refractivity contribution is 0.268. The molecular formula is C15H21N3O. The third-order valence-electron chi connectivity index (χ3n) is 4.39. The number of nitrogens with one attached hydrogen (secondary N) is 3. The number of benzene rings is 1. The molecule has 0 spiro atoms. The minimum absolute atomic E-state index is 0.147. The Labute approximate surface area is 112 Å². The Bertz CT molecular complexity index is 618. The van der Waals surface area contributed by atoms with Gasteiger partial charge in [-0.05, 0) is 42.9 Å². The molecule has 1 heterocycles. The van der Waals surface area contributed by atoms with Crippen LogP contribution in [0.15, 0.2) is 23.0 Å². The van der Waals surface area contributed by atoms with E-state index < -0.39 is 0 Å². The molecule has 19 heavy (non-hydrogen) atoms. The van der Waals surface area contributed by atoms with Crippen LogP contribution < -0.4 is 11.0 Å². The highest BCUT2D eigenvalue weighted by Crippen LogP contribution is 2.31. The summed E-state index contributed by atoms with van der Waals surface area (Å²) in [6.07, 6.45) is 3.93. The average Bonchev–Trinajstić information content (AvgIpc) is 2.73. The first-order valence-corrected chi connectivity index (χ1v) is 7.12. The summed E-state index contributed by atoms with van der Waals surface area (Å²) >= 11 is 0. The van der Waals surface area contributed by atoms with Crippen LogP contribution in [0.25, 0.3) is 11.0 Å². The minimum Gasteiger partial charge on any atom is -0.382 e. The van der Waals surface area contributed by atoms with Crippen LogP contribution in [-0.4, -0.2) is 16.0 Å². The van der Waals surface area contributed by atoms with Gasteiger partial charge >= 0.3 is 5.69 Å². The molecule has 1 saturated carbocycles. The van der Waals surface area contributed by atoms with Crippen LogP contribution in [0.3, 0.4) is 0 Å². The Morgan fingerprint density at radius 1 is 1.11 bits per heavy atom. The van der Waals surface area contributed by atoms with Gasteiger partial charge in [-0.1, -0.05) is 20.3 Å². The van der Waals surface area contributed by atoms with Gasteiger partial charge in [-0.15, -0.1) is 0 Å². The third-order valence-corrected chi connectivity index (χ3v) is 4.39. The lowest BCUT2D eigenvalue weighted by atomic mass is 9.78. The van der Waals surface area contributed by atoms with Crippen LogP contribution in [0.1, 0.15) is 33.1 Å². The van der Waals surface area contributed by atoms with Crippen LogP contribution in [-0.2, 0) is 0 Å². The van der Waals surface area contributed by atoms with Crippen LogP contribution in [0, 0.1) is 11.8 Å². The summed E-state index contributed by atoms with van der Waals surface area (Å²) in [5, 5.41) is 3.65. The molecule has 1 aromatic carbocycles. The van der Waals surface area contributed by atoms with Crippen LogP contribution in [0.4, 0.5) is 5.69 Å². The van der Waals surface area contributed by atoms with Crippen LogP contribution in [0.2, 0.25) is 0 Å². The molecule has 2 atom stereocenters. The van der Waals surface area contributed by atoms with Crippen LogP contribution >= 0.6 is 0 Å². The van der Waals surface area contributed by atoms with E-state index in [1.807, 2.05) is 18.2 Å². The fourth-order valence-corrected chi connectivity index (χ4v) is 3.28. The molecule has 1 fully saturated rings. The standard InChI is InChI=1S/C15H21N3O/c1-9-4-3-5-10(2)14(9)16-11-6-7-12-13(8-11)18-15(19)17-12/h6-10,14,16H,3-5H2,1-2H3,(H2,17,18,19). The fourth-order valence-electron chi connectivity index (χ4n) is 3.28. The summed E-state index contributed by atoms with van der Waals surface area (Å²) < 4.78 is 0. The topological polar surface area (TPSA) is 60.7 Å². The number of rotatable bonds is 2. The Morgan fingerprint density at radius 2 is 1.79 bits per heavy atom. The molecule has 0 aliphatic heterocycles. The molecule has 4 heteroatoms. The Kier molecular flexibility index (Phi) is 3.09. The van der Waals surface area contributed by atoms with Crippen LogP contribution in [0.5, 0.6) is 0 Å². The zero-order valence-electron chi connectivity index (χ0n) is 11.5. The van der Waals surface area contributed by atoms with E-state index in [0.29, 0.717) is 17.9 Å².